The largest absolute Gasteiger partial charge is 0.494 e. The normalized spacial score (nSPS) is 22.2. The number of hydrogen-bond acceptors (Lipinski definition) is 8. The Kier molecular flexibility index (Phi) is 14.3. The van der Waals surface area contributed by atoms with Crippen molar-refractivity contribution < 1.29 is 65.1 Å². The summed E-state index contributed by atoms with van der Waals surface area (Å²) in [6, 6.07) is 10.5. The minimum atomic E-state index is -4.61. The van der Waals surface area contributed by atoms with Crippen LogP contribution in [0.1, 0.15) is 98.8 Å². The summed E-state index contributed by atoms with van der Waals surface area (Å²) in [6.07, 6.45) is -5.23. The molecule has 0 radical (unpaired) electrons. The molecule has 4 aromatic rings. The lowest BCUT2D eigenvalue weighted by molar-refractivity contribution is -0.272. The van der Waals surface area contributed by atoms with Gasteiger partial charge in [0.15, 0.2) is 11.2 Å². The number of fused-ring (bicyclic) bond motifs is 2. The third-order valence-electron chi connectivity index (χ3n) is 11.2. The summed E-state index contributed by atoms with van der Waals surface area (Å²) < 4.78 is 95.7. The maximum Gasteiger partial charge on any atom is 0.419 e. The second-order valence-electron chi connectivity index (χ2n) is 17.1. The molecule has 2 aromatic carbocycles. The quantitative estimate of drug-likeness (QED) is 0.0984. The van der Waals surface area contributed by atoms with Crippen LogP contribution in [0.3, 0.4) is 0 Å². The molecule has 2 aromatic heterocycles. The van der Waals surface area contributed by atoms with Crippen LogP contribution in [0.4, 0.5) is 42.5 Å². The van der Waals surface area contributed by atoms with E-state index in [9.17, 15) is 50.9 Å². The molecule has 2 saturated carbocycles. The molecule has 2 heterocycles. The number of hydrogen-bond donors (Lipinski definition) is 5. The summed E-state index contributed by atoms with van der Waals surface area (Å²) in [5, 5.41) is 26.4. The average molecular weight is 869 g/mol. The molecule has 0 saturated heterocycles. The van der Waals surface area contributed by atoms with Crippen molar-refractivity contribution in [2.45, 2.75) is 128 Å². The molecule has 12 nitrogen and oxygen atoms in total. The lowest BCUT2D eigenvalue weighted by Gasteiger charge is -2.37. The number of nitrogens with zero attached hydrogens (tertiary/aromatic N) is 1. The second kappa shape index (κ2) is 18.6. The van der Waals surface area contributed by atoms with Crippen molar-refractivity contribution in [3.05, 3.63) is 48.8 Å². The highest BCUT2D eigenvalue weighted by Crippen LogP contribution is 2.45. The van der Waals surface area contributed by atoms with E-state index in [-0.39, 0.29) is 62.2 Å². The number of anilines is 2. The van der Waals surface area contributed by atoms with E-state index in [1.807, 2.05) is 12.1 Å². The van der Waals surface area contributed by atoms with Crippen LogP contribution in [0.25, 0.3) is 21.8 Å². The molecule has 5 N–H and O–H groups in total. The first-order valence-corrected chi connectivity index (χ1v) is 20.2. The first-order chi connectivity index (χ1) is 28.4. The van der Waals surface area contributed by atoms with Gasteiger partial charge in [0.1, 0.15) is 17.1 Å². The molecule has 0 spiro atoms. The van der Waals surface area contributed by atoms with Crippen LogP contribution in [0.2, 0.25) is 0 Å². The minimum Gasteiger partial charge on any atom is -0.494 e. The molecule has 2 amide bonds. The Hall–Kier alpha value is -4.97. The van der Waals surface area contributed by atoms with Gasteiger partial charge in [-0.15, -0.1) is 0 Å². The Bertz CT molecular complexity index is 2160. The van der Waals surface area contributed by atoms with Crippen LogP contribution in [-0.4, -0.2) is 80.0 Å². The summed E-state index contributed by atoms with van der Waals surface area (Å²) in [4.78, 5) is 38.6. The summed E-state index contributed by atoms with van der Waals surface area (Å²) in [5.41, 5.74) is -3.33. The topological polar surface area (TPSA) is 164 Å². The van der Waals surface area contributed by atoms with E-state index in [1.165, 1.54) is 24.6 Å². The molecular formula is C43H54F6N4O8. The van der Waals surface area contributed by atoms with Gasteiger partial charge in [0.25, 0.3) is 0 Å². The van der Waals surface area contributed by atoms with Gasteiger partial charge in [0, 0.05) is 42.5 Å². The monoisotopic (exact) mass is 868 g/mol. The zero-order valence-corrected chi connectivity index (χ0v) is 34.8. The van der Waals surface area contributed by atoms with E-state index < -0.39 is 35.2 Å². The van der Waals surface area contributed by atoms with Crippen LogP contribution in [0.15, 0.2) is 48.8 Å². The van der Waals surface area contributed by atoms with E-state index in [0.29, 0.717) is 72.7 Å². The van der Waals surface area contributed by atoms with Gasteiger partial charge in [-0.1, -0.05) is 0 Å². The molecule has 18 heteroatoms. The van der Waals surface area contributed by atoms with Crippen LogP contribution >= 0.6 is 0 Å². The van der Waals surface area contributed by atoms with Crippen LogP contribution in [0, 0.1) is 11.8 Å². The van der Waals surface area contributed by atoms with E-state index in [0.717, 1.165) is 10.9 Å². The highest BCUT2D eigenvalue weighted by molar-refractivity contribution is 6.04. The van der Waals surface area contributed by atoms with Crippen molar-refractivity contribution in [1.29, 1.82) is 0 Å². The zero-order valence-electron chi connectivity index (χ0n) is 34.8. The van der Waals surface area contributed by atoms with Gasteiger partial charge in [0.05, 0.1) is 30.1 Å². The molecule has 0 unspecified atom stereocenters. The van der Waals surface area contributed by atoms with Crippen molar-refractivity contribution in [3.63, 3.8) is 0 Å². The van der Waals surface area contributed by atoms with Gasteiger partial charge in [-0.2, -0.15) is 26.3 Å². The van der Waals surface area contributed by atoms with Gasteiger partial charge in [-0.3, -0.25) is 14.2 Å². The van der Waals surface area contributed by atoms with Gasteiger partial charge >= 0.3 is 18.4 Å². The predicted octanol–water partition coefficient (Wildman–Crippen LogP) is 10.0. The van der Waals surface area contributed by atoms with Crippen molar-refractivity contribution in [2.75, 3.05) is 23.8 Å². The number of carbonyl (C=O) groups excluding carboxylic acids is 3. The van der Waals surface area contributed by atoms with Crippen LogP contribution in [0.5, 0.6) is 11.5 Å². The lowest BCUT2D eigenvalue weighted by atomic mass is 9.77. The molecule has 336 valence electrons. The van der Waals surface area contributed by atoms with Gasteiger partial charge < -0.3 is 40.0 Å². The maximum atomic E-state index is 13.0. The Balaban J connectivity index is 0.000000237. The number of H-pyrrole nitrogens is 1. The zero-order chi connectivity index (χ0) is 45.0. The standard InChI is InChI=1S/C24H31F3N2O5.C19H23F3N2O3/c1-15(30)28-19-14-29(21(31)34-22(2,3)4)20-6-5-17(13-18(19)20)33-12-9-16-7-10-23(32,11-8-16)24(25,26)27;1-12(25)24-17-11-23-16-3-2-14(10-15(16)17)27-9-6-13-4-7-18(26,8-5-13)19(20,21)22/h5-6,13-14,16,32H,7-12H2,1-4H3,(H,28,30);2-3,10-11,13,23,26H,4-9H2,1H3,(H,24,25). The summed E-state index contributed by atoms with van der Waals surface area (Å²) in [6.45, 7) is 8.75. The fourth-order valence-corrected chi connectivity index (χ4v) is 7.67. The first kappa shape index (κ1) is 47.1. The maximum absolute atomic E-state index is 13.0. The summed E-state index contributed by atoms with van der Waals surface area (Å²) in [5.74, 6) is 0.817. The number of benzene rings is 2. The van der Waals surface area contributed by atoms with Crippen molar-refractivity contribution in [2.24, 2.45) is 11.8 Å². The van der Waals surface area contributed by atoms with Gasteiger partial charge in [-0.05, 0) is 133 Å². The van der Waals surface area contributed by atoms with E-state index in [1.54, 1.807) is 51.2 Å². The average Bonchev–Trinajstić information content (AvgIpc) is 3.72. The number of nitrogens with one attached hydrogen (secondary N) is 3. The molecular weight excluding hydrogens is 814 g/mol. The molecule has 0 atom stereocenters. The summed E-state index contributed by atoms with van der Waals surface area (Å²) in [7, 11) is 0. The van der Waals surface area contributed by atoms with Gasteiger partial charge in [-0.25, -0.2) is 4.79 Å². The number of aromatic amines is 1. The highest BCUT2D eigenvalue weighted by Gasteiger charge is 2.55. The third kappa shape index (κ3) is 12.1. The van der Waals surface area contributed by atoms with Crippen molar-refractivity contribution in [1.82, 2.24) is 9.55 Å². The number of ether oxygens (including phenoxy) is 3. The number of alkyl halides is 6. The third-order valence-corrected chi connectivity index (χ3v) is 11.2. The number of amides is 2. The van der Waals surface area contributed by atoms with Gasteiger partial charge in [0.2, 0.25) is 11.8 Å². The highest BCUT2D eigenvalue weighted by atomic mass is 19.4. The molecule has 0 aliphatic heterocycles. The first-order valence-electron chi connectivity index (χ1n) is 20.2. The number of carbonyl (C=O) groups is 3. The number of aromatic nitrogens is 2. The fourth-order valence-electron chi connectivity index (χ4n) is 7.67. The smallest absolute Gasteiger partial charge is 0.419 e. The molecule has 6 rings (SSSR count). The summed E-state index contributed by atoms with van der Waals surface area (Å²) >= 11 is 0. The van der Waals surface area contributed by atoms with E-state index >= 15 is 0 Å². The Morgan fingerprint density at radius 2 is 1.20 bits per heavy atom. The van der Waals surface area contributed by atoms with Crippen LogP contribution in [-0.2, 0) is 14.3 Å². The SMILES string of the molecule is CC(=O)Nc1c[nH]c2ccc(OCCC3CCC(O)(C(F)(F)F)CC3)cc12.CC(=O)Nc1cn(C(=O)OC(C)(C)C)c2ccc(OCCC3CCC(O)(C(F)(F)F)CC3)cc12. The second-order valence-corrected chi connectivity index (χ2v) is 17.1. The lowest BCUT2D eigenvalue weighted by Crippen LogP contribution is -2.47. The number of rotatable bonds is 10. The van der Waals surface area contributed by atoms with Crippen molar-refractivity contribution in [3.8, 4) is 11.5 Å². The molecule has 2 aliphatic carbocycles. The minimum absolute atomic E-state index is 0.0366. The molecule has 61 heavy (non-hydrogen) atoms. The van der Waals surface area contributed by atoms with E-state index in [2.05, 4.69) is 15.6 Å². The van der Waals surface area contributed by atoms with Crippen molar-refractivity contribution >= 4 is 51.1 Å². The number of aliphatic hydroxyl groups is 2. The molecule has 2 fully saturated rings. The Morgan fingerprint density at radius 3 is 1.66 bits per heavy atom. The Morgan fingerprint density at radius 1 is 0.738 bits per heavy atom. The Labute approximate surface area is 349 Å². The molecule has 0 bridgehead atoms. The number of halogens is 6. The van der Waals surface area contributed by atoms with E-state index in [4.69, 9.17) is 14.2 Å². The molecule has 2 aliphatic rings. The fraction of sp³-hybridized carbons (Fsp3) is 0.558. The van der Waals surface area contributed by atoms with Crippen LogP contribution < -0.4 is 20.1 Å². The predicted molar refractivity (Wildman–Crippen MR) is 217 cm³/mol.